The molecule has 0 aliphatic carbocycles. The summed E-state index contributed by atoms with van der Waals surface area (Å²) >= 11 is 5.99. The van der Waals surface area contributed by atoms with Crippen LogP contribution in [-0.4, -0.2) is 32.5 Å². The minimum atomic E-state index is 0.0466. The predicted molar refractivity (Wildman–Crippen MR) is 103 cm³/mol. The van der Waals surface area contributed by atoms with Crippen LogP contribution in [-0.2, 0) is 13.6 Å². The first-order chi connectivity index (χ1) is 12.6. The van der Waals surface area contributed by atoms with Gasteiger partial charge in [0.15, 0.2) is 5.65 Å². The fraction of sp³-hybridized carbons (Fsp3) is 0.350. The summed E-state index contributed by atoms with van der Waals surface area (Å²) in [5.74, 6) is 0.455. The molecule has 0 aromatic carbocycles. The first kappa shape index (κ1) is 17.2. The van der Waals surface area contributed by atoms with E-state index in [1.807, 2.05) is 18.3 Å². The summed E-state index contributed by atoms with van der Waals surface area (Å²) in [6.45, 7) is 2.84. The molecular weight excluding hydrogens is 348 g/mol. The van der Waals surface area contributed by atoms with Crippen molar-refractivity contribution in [3.63, 3.8) is 0 Å². The van der Waals surface area contributed by atoms with Gasteiger partial charge in [0.05, 0.1) is 5.02 Å². The maximum Gasteiger partial charge on any atom is 0.250 e. The zero-order valence-electron chi connectivity index (χ0n) is 14.7. The molecular formula is C20H21ClN4O. The number of nitrogens with zero attached hydrogens (tertiary/aromatic N) is 4. The molecule has 0 bridgehead atoms. The molecule has 0 atom stereocenters. The van der Waals surface area contributed by atoms with Gasteiger partial charge in [0.25, 0.3) is 5.56 Å². The second kappa shape index (κ2) is 7.17. The van der Waals surface area contributed by atoms with Crippen LogP contribution in [0.3, 0.4) is 0 Å². The van der Waals surface area contributed by atoms with E-state index in [0.29, 0.717) is 10.9 Å². The standard InChI is InChI=1S/C20H21ClN4O/c1-24-7-4-14(10-19(24)26)13-25-8-5-15(6-9-25)18-3-2-16-11-17(21)12-22-20(16)23-18/h2-4,7,10-12,15H,5-6,8-9,13H2,1H3. The number of rotatable bonds is 3. The highest BCUT2D eigenvalue weighted by molar-refractivity contribution is 6.31. The number of hydrogen-bond acceptors (Lipinski definition) is 4. The van der Waals surface area contributed by atoms with Crippen molar-refractivity contribution >= 4 is 22.6 Å². The first-order valence-electron chi connectivity index (χ1n) is 8.88. The van der Waals surface area contributed by atoms with E-state index in [2.05, 4.69) is 22.0 Å². The van der Waals surface area contributed by atoms with E-state index in [-0.39, 0.29) is 5.56 Å². The van der Waals surface area contributed by atoms with Gasteiger partial charge in [0.1, 0.15) is 0 Å². The van der Waals surface area contributed by atoms with Crippen molar-refractivity contribution < 1.29 is 0 Å². The van der Waals surface area contributed by atoms with Crippen LogP contribution in [0.1, 0.15) is 30.0 Å². The van der Waals surface area contributed by atoms with Crippen molar-refractivity contribution in [2.45, 2.75) is 25.3 Å². The van der Waals surface area contributed by atoms with E-state index in [1.165, 1.54) is 0 Å². The number of pyridine rings is 3. The molecule has 3 aromatic heterocycles. The highest BCUT2D eigenvalue weighted by Crippen LogP contribution is 2.28. The summed E-state index contributed by atoms with van der Waals surface area (Å²) in [4.78, 5) is 23.3. The van der Waals surface area contributed by atoms with Gasteiger partial charge in [-0.2, -0.15) is 0 Å². The quantitative estimate of drug-likeness (QED) is 0.711. The summed E-state index contributed by atoms with van der Waals surface area (Å²) in [5.41, 5.74) is 3.00. The Kier molecular flexibility index (Phi) is 4.74. The molecule has 1 aliphatic heterocycles. The number of halogens is 1. The molecule has 4 rings (SSSR count). The van der Waals surface area contributed by atoms with Crippen molar-refractivity contribution in [1.29, 1.82) is 0 Å². The molecule has 4 heterocycles. The van der Waals surface area contributed by atoms with Crippen molar-refractivity contribution in [2.24, 2.45) is 7.05 Å². The van der Waals surface area contributed by atoms with E-state index >= 15 is 0 Å². The molecule has 1 aliphatic rings. The molecule has 0 radical (unpaired) electrons. The number of aromatic nitrogens is 3. The molecule has 0 spiro atoms. The topological polar surface area (TPSA) is 51.0 Å². The molecule has 0 unspecified atom stereocenters. The summed E-state index contributed by atoms with van der Waals surface area (Å²) in [7, 11) is 1.77. The highest BCUT2D eigenvalue weighted by Gasteiger charge is 2.22. The summed E-state index contributed by atoms with van der Waals surface area (Å²) < 4.78 is 1.60. The van der Waals surface area contributed by atoms with Crippen LogP contribution < -0.4 is 5.56 Å². The minimum absolute atomic E-state index is 0.0466. The average Bonchev–Trinajstić information content (AvgIpc) is 2.65. The van der Waals surface area contributed by atoms with E-state index in [1.54, 1.807) is 23.9 Å². The van der Waals surface area contributed by atoms with Crippen LogP contribution >= 0.6 is 11.6 Å². The fourth-order valence-electron chi connectivity index (χ4n) is 3.56. The third-order valence-corrected chi connectivity index (χ3v) is 5.32. The van der Waals surface area contributed by atoms with E-state index in [0.717, 1.165) is 54.8 Å². The second-order valence-corrected chi connectivity index (χ2v) is 7.41. The van der Waals surface area contributed by atoms with Gasteiger partial charge in [-0.15, -0.1) is 0 Å². The maximum atomic E-state index is 11.8. The van der Waals surface area contributed by atoms with Gasteiger partial charge in [-0.05, 0) is 55.8 Å². The molecule has 5 nitrogen and oxygen atoms in total. The Morgan fingerprint density at radius 3 is 2.77 bits per heavy atom. The first-order valence-corrected chi connectivity index (χ1v) is 9.26. The SMILES string of the molecule is Cn1ccc(CN2CCC(c3ccc4cc(Cl)cnc4n3)CC2)cc1=O. The third kappa shape index (κ3) is 3.64. The normalized spacial score (nSPS) is 16.2. The molecule has 3 aromatic rings. The lowest BCUT2D eigenvalue weighted by atomic mass is 9.92. The average molecular weight is 369 g/mol. The molecule has 6 heteroatoms. The second-order valence-electron chi connectivity index (χ2n) is 6.97. The monoisotopic (exact) mass is 368 g/mol. The minimum Gasteiger partial charge on any atom is -0.319 e. The van der Waals surface area contributed by atoms with Crippen LogP contribution in [0.4, 0.5) is 0 Å². The molecule has 134 valence electrons. The fourth-order valence-corrected chi connectivity index (χ4v) is 3.73. The largest absolute Gasteiger partial charge is 0.319 e. The van der Waals surface area contributed by atoms with Crippen LogP contribution in [0.25, 0.3) is 11.0 Å². The Balaban J connectivity index is 1.42. The molecule has 1 fully saturated rings. The summed E-state index contributed by atoms with van der Waals surface area (Å²) in [6.07, 6.45) is 5.62. The number of fused-ring (bicyclic) bond motifs is 1. The molecule has 1 saturated heterocycles. The van der Waals surface area contributed by atoms with Gasteiger partial charge in [-0.3, -0.25) is 9.69 Å². The van der Waals surface area contributed by atoms with Crippen LogP contribution in [0.15, 0.2) is 47.5 Å². The summed E-state index contributed by atoms with van der Waals surface area (Å²) in [5, 5.41) is 1.61. The molecule has 26 heavy (non-hydrogen) atoms. The zero-order valence-corrected chi connectivity index (χ0v) is 15.5. The predicted octanol–water partition coefficient (Wildman–Crippen LogP) is 3.36. The maximum absolute atomic E-state index is 11.8. The lowest BCUT2D eigenvalue weighted by Crippen LogP contribution is -2.33. The lowest BCUT2D eigenvalue weighted by Gasteiger charge is -2.31. The Morgan fingerprint density at radius 2 is 2.00 bits per heavy atom. The molecule has 0 saturated carbocycles. The van der Waals surface area contributed by atoms with Gasteiger partial charge in [-0.1, -0.05) is 11.6 Å². The van der Waals surface area contributed by atoms with Gasteiger partial charge in [0.2, 0.25) is 0 Å². The van der Waals surface area contributed by atoms with E-state index in [9.17, 15) is 4.79 Å². The van der Waals surface area contributed by atoms with Crippen LogP contribution in [0, 0.1) is 0 Å². The number of hydrogen-bond donors (Lipinski definition) is 0. The van der Waals surface area contributed by atoms with Crippen LogP contribution in [0.5, 0.6) is 0 Å². The van der Waals surface area contributed by atoms with E-state index < -0.39 is 0 Å². The van der Waals surface area contributed by atoms with Gasteiger partial charge >= 0.3 is 0 Å². The van der Waals surface area contributed by atoms with Gasteiger partial charge in [-0.25, -0.2) is 9.97 Å². The summed E-state index contributed by atoms with van der Waals surface area (Å²) in [6, 6.07) is 9.81. The highest BCUT2D eigenvalue weighted by atomic mass is 35.5. The Bertz CT molecular complexity index is 993. The Hall–Kier alpha value is -2.24. The van der Waals surface area contributed by atoms with Gasteiger partial charge in [0, 0.05) is 49.1 Å². The zero-order chi connectivity index (χ0) is 18.1. The van der Waals surface area contributed by atoms with Gasteiger partial charge < -0.3 is 4.57 Å². The van der Waals surface area contributed by atoms with Crippen molar-refractivity contribution in [3.05, 3.63) is 69.4 Å². The molecule has 0 N–H and O–H groups in total. The Morgan fingerprint density at radius 1 is 1.19 bits per heavy atom. The smallest absolute Gasteiger partial charge is 0.250 e. The van der Waals surface area contributed by atoms with Crippen molar-refractivity contribution in [1.82, 2.24) is 19.4 Å². The van der Waals surface area contributed by atoms with Crippen LogP contribution in [0.2, 0.25) is 5.02 Å². The third-order valence-electron chi connectivity index (χ3n) is 5.11. The van der Waals surface area contributed by atoms with Crippen molar-refractivity contribution in [2.75, 3.05) is 13.1 Å². The number of piperidine rings is 1. The molecule has 0 amide bonds. The number of aryl methyl sites for hydroxylation is 1. The lowest BCUT2D eigenvalue weighted by molar-refractivity contribution is 0.203. The van der Waals surface area contributed by atoms with Crippen molar-refractivity contribution in [3.8, 4) is 0 Å². The number of likely N-dealkylation sites (tertiary alicyclic amines) is 1. The Labute approximate surface area is 157 Å². The van der Waals surface area contributed by atoms with E-state index in [4.69, 9.17) is 16.6 Å².